The van der Waals surface area contributed by atoms with E-state index < -0.39 is 12.2 Å². The van der Waals surface area contributed by atoms with Gasteiger partial charge in [-0.05, 0) is 17.7 Å². The predicted octanol–water partition coefficient (Wildman–Crippen LogP) is 0.169. The average Bonchev–Trinajstić information content (AvgIpc) is 2.30. The molecule has 0 saturated heterocycles. The summed E-state index contributed by atoms with van der Waals surface area (Å²) >= 11 is 0. The van der Waals surface area contributed by atoms with Crippen LogP contribution in [0.5, 0.6) is 0 Å². The predicted molar refractivity (Wildman–Crippen MR) is 61.4 cm³/mol. The molecule has 0 aliphatic heterocycles. The maximum Gasteiger partial charge on any atom is 0.404 e. The van der Waals surface area contributed by atoms with Gasteiger partial charge in [0, 0.05) is 5.57 Å². The van der Waals surface area contributed by atoms with Crippen molar-refractivity contribution in [1.29, 1.82) is 0 Å². The van der Waals surface area contributed by atoms with Crippen LogP contribution in [0.2, 0.25) is 0 Å². The molecule has 1 aliphatic carbocycles. The number of amides is 2. The highest BCUT2D eigenvalue weighted by molar-refractivity contribution is 6.01. The maximum absolute atomic E-state index is 11.0. The lowest BCUT2D eigenvalue weighted by Gasteiger charge is -2.11. The van der Waals surface area contributed by atoms with E-state index in [1.54, 1.807) is 0 Å². The van der Waals surface area contributed by atoms with E-state index in [2.05, 4.69) is 9.47 Å². The molecule has 7 nitrogen and oxygen atoms in total. The summed E-state index contributed by atoms with van der Waals surface area (Å²) in [7, 11) is 0. The third kappa shape index (κ3) is 4.52. The molecule has 1 aliphatic rings. The fraction of sp³-hybridized carbons (Fsp3) is 0.182. The van der Waals surface area contributed by atoms with Crippen molar-refractivity contribution in [2.24, 2.45) is 11.5 Å². The standard InChI is InChI=1S/C11H12N2O5/c12-10(15)17-5-8(6-18-11(13)16)7-1-3-9(14)4-2-7/h1-4H,5-6H2,(H2,12,15)(H2,13,16). The Balaban J connectivity index is 2.81. The van der Waals surface area contributed by atoms with E-state index in [-0.39, 0.29) is 19.0 Å². The Morgan fingerprint density at radius 2 is 1.39 bits per heavy atom. The molecule has 0 atom stereocenters. The summed E-state index contributed by atoms with van der Waals surface area (Å²) in [4.78, 5) is 32.0. The van der Waals surface area contributed by atoms with Crippen molar-refractivity contribution in [1.82, 2.24) is 0 Å². The van der Waals surface area contributed by atoms with Crippen LogP contribution < -0.4 is 11.5 Å². The number of primary amides is 2. The van der Waals surface area contributed by atoms with Gasteiger partial charge in [-0.15, -0.1) is 0 Å². The second-order valence-corrected chi connectivity index (χ2v) is 3.34. The lowest BCUT2D eigenvalue weighted by atomic mass is 10.0. The minimum absolute atomic E-state index is 0.152. The van der Waals surface area contributed by atoms with Crippen LogP contribution in [0.4, 0.5) is 9.59 Å². The monoisotopic (exact) mass is 252 g/mol. The Hall–Kier alpha value is -2.57. The van der Waals surface area contributed by atoms with Crippen molar-refractivity contribution in [2.45, 2.75) is 0 Å². The molecule has 0 heterocycles. The first kappa shape index (κ1) is 13.5. The summed E-state index contributed by atoms with van der Waals surface area (Å²) in [5.74, 6) is -0.162. The van der Waals surface area contributed by atoms with E-state index in [0.717, 1.165) is 0 Å². The fourth-order valence-corrected chi connectivity index (χ4v) is 1.22. The van der Waals surface area contributed by atoms with Gasteiger partial charge >= 0.3 is 12.2 Å². The normalized spacial score (nSPS) is 13.3. The molecule has 0 fully saturated rings. The number of carbonyl (C=O) groups excluding carboxylic acids is 3. The summed E-state index contributed by atoms with van der Waals surface area (Å²) < 4.78 is 9.23. The molecule has 0 bridgehead atoms. The van der Waals surface area contributed by atoms with E-state index in [4.69, 9.17) is 11.5 Å². The molecule has 7 heteroatoms. The highest BCUT2D eigenvalue weighted by atomic mass is 16.6. The van der Waals surface area contributed by atoms with Crippen molar-refractivity contribution < 1.29 is 23.9 Å². The van der Waals surface area contributed by atoms with Crippen LogP contribution in [0.1, 0.15) is 0 Å². The molecule has 0 unspecified atom stereocenters. The van der Waals surface area contributed by atoms with Gasteiger partial charge < -0.3 is 20.9 Å². The van der Waals surface area contributed by atoms with Crippen molar-refractivity contribution in [3.63, 3.8) is 0 Å². The minimum Gasteiger partial charge on any atom is -0.445 e. The molecule has 18 heavy (non-hydrogen) atoms. The molecule has 0 aromatic carbocycles. The molecule has 96 valence electrons. The van der Waals surface area contributed by atoms with Gasteiger partial charge in [-0.2, -0.15) is 0 Å². The Kier molecular flexibility index (Phi) is 4.67. The number of hydrogen-bond acceptors (Lipinski definition) is 5. The lowest BCUT2D eigenvalue weighted by molar-refractivity contribution is -0.110. The van der Waals surface area contributed by atoms with Crippen LogP contribution in [-0.4, -0.2) is 31.2 Å². The Bertz CT molecular complexity index is 424. The van der Waals surface area contributed by atoms with Crippen molar-refractivity contribution in [3.8, 4) is 0 Å². The van der Waals surface area contributed by atoms with Gasteiger partial charge in [-0.1, -0.05) is 12.2 Å². The molecule has 0 aromatic heterocycles. The number of rotatable bonds is 4. The van der Waals surface area contributed by atoms with Crippen molar-refractivity contribution >= 4 is 18.0 Å². The van der Waals surface area contributed by atoms with Crippen LogP contribution in [-0.2, 0) is 14.3 Å². The molecular formula is C11H12N2O5. The first-order valence-electron chi connectivity index (χ1n) is 4.95. The van der Waals surface area contributed by atoms with Crippen molar-refractivity contribution in [3.05, 3.63) is 35.5 Å². The lowest BCUT2D eigenvalue weighted by Crippen LogP contribution is -2.20. The first-order chi connectivity index (χ1) is 8.49. The Morgan fingerprint density at radius 1 is 0.944 bits per heavy atom. The molecule has 0 spiro atoms. The Morgan fingerprint density at radius 3 is 1.78 bits per heavy atom. The number of ketones is 1. The van der Waals surface area contributed by atoms with Crippen LogP contribution in [0.15, 0.2) is 35.5 Å². The zero-order valence-corrected chi connectivity index (χ0v) is 9.42. The topological polar surface area (TPSA) is 122 Å². The summed E-state index contributed by atoms with van der Waals surface area (Å²) in [6, 6.07) is 0. The number of nitrogens with two attached hydrogens (primary N) is 2. The molecule has 1 rings (SSSR count). The Labute approximate surface area is 103 Å². The van der Waals surface area contributed by atoms with E-state index >= 15 is 0 Å². The van der Waals surface area contributed by atoms with E-state index in [9.17, 15) is 14.4 Å². The highest BCUT2D eigenvalue weighted by Crippen LogP contribution is 2.13. The molecule has 0 aromatic rings. The van der Waals surface area contributed by atoms with E-state index in [1.165, 1.54) is 24.3 Å². The molecule has 2 amide bonds. The van der Waals surface area contributed by atoms with Crippen LogP contribution >= 0.6 is 0 Å². The van der Waals surface area contributed by atoms with Gasteiger partial charge in [-0.25, -0.2) is 9.59 Å². The summed E-state index contributed by atoms with van der Waals surface area (Å²) in [5, 5.41) is 0. The first-order valence-corrected chi connectivity index (χ1v) is 4.95. The highest BCUT2D eigenvalue weighted by Gasteiger charge is 2.10. The minimum atomic E-state index is -0.952. The smallest absolute Gasteiger partial charge is 0.404 e. The van der Waals surface area contributed by atoms with Crippen LogP contribution in [0, 0.1) is 0 Å². The largest absolute Gasteiger partial charge is 0.445 e. The fourth-order valence-electron chi connectivity index (χ4n) is 1.22. The zero-order chi connectivity index (χ0) is 13.5. The van der Waals surface area contributed by atoms with E-state index in [0.29, 0.717) is 11.1 Å². The van der Waals surface area contributed by atoms with Crippen LogP contribution in [0.25, 0.3) is 0 Å². The second-order valence-electron chi connectivity index (χ2n) is 3.34. The summed E-state index contributed by atoms with van der Waals surface area (Å²) in [6.07, 6.45) is 3.81. The van der Waals surface area contributed by atoms with Gasteiger partial charge in [0.05, 0.1) is 0 Å². The number of hydrogen-bond donors (Lipinski definition) is 2. The third-order valence-corrected chi connectivity index (χ3v) is 2.04. The molecular weight excluding hydrogens is 240 g/mol. The maximum atomic E-state index is 11.0. The quantitative estimate of drug-likeness (QED) is 0.738. The SMILES string of the molecule is NC(=O)OCC(COC(N)=O)=C1C=CC(=O)C=C1. The number of ether oxygens (including phenoxy) is 2. The van der Waals surface area contributed by atoms with Gasteiger partial charge in [0.2, 0.25) is 0 Å². The molecule has 4 N–H and O–H groups in total. The van der Waals surface area contributed by atoms with Gasteiger partial charge in [0.15, 0.2) is 5.78 Å². The number of carbonyl (C=O) groups is 3. The van der Waals surface area contributed by atoms with E-state index in [1.807, 2.05) is 0 Å². The van der Waals surface area contributed by atoms with Crippen LogP contribution in [0.3, 0.4) is 0 Å². The third-order valence-electron chi connectivity index (χ3n) is 2.04. The molecule has 0 saturated carbocycles. The summed E-state index contributed by atoms with van der Waals surface area (Å²) in [6.45, 7) is -0.304. The second kappa shape index (κ2) is 6.24. The average molecular weight is 252 g/mol. The van der Waals surface area contributed by atoms with Gasteiger partial charge in [-0.3, -0.25) is 4.79 Å². The zero-order valence-electron chi connectivity index (χ0n) is 9.42. The number of allylic oxidation sites excluding steroid dienone is 5. The summed E-state index contributed by atoms with van der Waals surface area (Å²) in [5.41, 5.74) is 10.7. The van der Waals surface area contributed by atoms with Gasteiger partial charge in [0.1, 0.15) is 13.2 Å². The van der Waals surface area contributed by atoms with Crippen molar-refractivity contribution in [2.75, 3.05) is 13.2 Å². The molecule has 0 radical (unpaired) electrons. The van der Waals surface area contributed by atoms with Gasteiger partial charge in [0.25, 0.3) is 0 Å².